The van der Waals surface area contributed by atoms with Gasteiger partial charge >= 0.3 is 6.09 Å². The Morgan fingerprint density at radius 2 is 1.84 bits per heavy atom. The second-order valence-corrected chi connectivity index (χ2v) is 8.20. The number of rotatable bonds is 6. The summed E-state index contributed by atoms with van der Waals surface area (Å²) >= 11 is 0. The Morgan fingerprint density at radius 1 is 1.13 bits per heavy atom. The number of carbonyl (C=O) groups excluding carboxylic acids is 4. The van der Waals surface area contributed by atoms with Gasteiger partial charge in [-0.2, -0.15) is 0 Å². The number of amides is 3. The minimum atomic E-state index is -1.08. The highest BCUT2D eigenvalue weighted by atomic mass is 16.5. The Balaban J connectivity index is 1.59. The van der Waals surface area contributed by atoms with Gasteiger partial charge in [-0.3, -0.25) is 19.8 Å². The minimum absolute atomic E-state index is 0.0318. The van der Waals surface area contributed by atoms with E-state index in [0.29, 0.717) is 25.8 Å². The van der Waals surface area contributed by atoms with Crippen molar-refractivity contribution in [2.24, 2.45) is 0 Å². The molecule has 2 fully saturated rings. The van der Waals surface area contributed by atoms with Crippen molar-refractivity contribution >= 4 is 23.7 Å². The van der Waals surface area contributed by atoms with E-state index in [-0.39, 0.29) is 30.7 Å². The number of carbonyl (C=O) groups is 4. The van der Waals surface area contributed by atoms with Gasteiger partial charge in [0, 0.05) is 13.5 Å². The fourth-order valence-electron chi connectivity index (χ4n) is 4.11. The molecule has 0 radical (unpaired) electrons. The molecule has 9 heteroatoms. The van der Waals surface area contributed by atoms with Crippen molar-refractivity contribution in [3.63, 3.8) is 0 Å². The molecule has 0 bridgehead atoms. The third kappa shape index (κ3) is 6.27. The topological polar surface area (TPSA) is 117 Å². The second-order valence-electron chi connectivity index (χ2n) is 8.20. The summed E-state index contributed by atoms with van der Waals surface area (Å²) in [5.74, 6) is -0.768. The van der Waals surface area contributed by atoms with Crippen LogP contribution in [0.2, 0.25) is 0 Å². The number of ether oxygens (including phenoxy) is 1. The summed E-state index contributed by atoms with van der Waals surface area (Å²) in [6, 6.07) is 8.68. The lowest BCUT2D eigenvalue weighted by Gasteiger charge is -2.38. The molecule has 1 atom stereocenters. The predicted molar refractivity (Wildman–Crippen MR) is 113 cm³/mol. The van der Waals surface area contributed by atoms with Gasteiger partial charge in [0.25, 0.3) is 0 Å². The van der Waals surface area contributed by atoms with Crippen LogP contribution in [0.3, 0.4) is 0 Å². The van der Waals surface area contributed by atoms with E-state index in [0.717, 1.165) is 24.8 Å². The number of ketones is 1. The zero-order valence-electron chi connectivity index (χ0n) is 17.8. The van der Waals surface area contributed by atoms with Gasteiger partial charge in [0.2, 0.25) is 11.8 Å². The first-order valence-corrected chi connectivity index (χ1v) is 10.7. The van der Waals surface area contributed by atoms with Crippen molar-refractivity contribution < 1.29 is 23.9 Å². The Labute approximate surface area is 181 Å². The van der Waals surface area contributed by atoms with E-state index in [1.165, 1.54) is 6.92 Å². The van der Waals surface area contributed by atoms with Gasteiger partial charge in [-0.05, 0) is 24.8 Å². The van der Waals surface area contributed by atoms with Crippen molar-refractivity contribution in [1.29, 1.82) is 0 Å². The highest BCUT2D eigenvalue weighted by molar-refractivity contribution is 5.95. The third-order valence-electron chi connectivity index (χ3n) is 5.74. The van der Waals surface area contributed by atoms with Crippen LogP contribution in [-0.4, -0.2) is 53.4 Å². The van der Waals surface area contributed by atoms with Crippen LogP contribution in [0.25, 0.3) is 0 Å². The summed E-state index contributed by atoms with van der Waals surface area (Å²) in [6.07, 6.45) is 3.34. The maximum Gasteiger partial charge on any atom is 0.408 e. The number of nitrogens with zero attached hydrogens (tertiary/aromatic N) is 1. The van der Waals surface area contributed by atoms with E-state index in [1.54, 1.807) is 5.01 Å². The van der Waals surface area contributed by atoms with Crippen LogP contribution in [-0.2, 0) is 25.7 Å². The van der Waals surface area contributed by atoms with E-state index in [2.05, 4.69) is 16.1 Å². The Morgan fingerprint density at radius 3 is 2.48 bits per heavy atom. The van der Waals surface area contributed by atoms with Gasteiger partial charge in [-0.1, -0.05) is 49.6 Å². The third-order valence-corrected chi connectivity index (χ3v) is 5.74. The number of hydrazine groups is 1. The van der Waals surface area contributed by atoms with Crippen molar-refractivity contribution in [2.75, 3.05) is 13.1 Å². The van der Waals surface area contributed by atoms with Crippen LogP contribution in [0, 0.1) is 0 Å². The maximum absolute atomic E-state index is 13.2. The normalized spacial score (nSPS) is 21.1. The van der Waals surface area contributed by atoms with E-state index in [9.17, 15) is 19.2 Å². The van der Waals surface area contributed by atoms with Crippen molar-refractivity contribution in [2.45, 2.75) is 63.6 Å². The molecule has 3 amide bonds. The zero-order valence-corrected chi connectivity index (χ0v) is 17.8. The molecule has 1 heterocycles. The molecule has 1 aliphatic carbocycles. The van der Waals surface area contributed by atoms with E-state index in [1.807, 2.05) is 30.3 Å². The van der Waals surface area contributed by atoms with Crippen molar-refractivity contribution in [3.05, 3.63) is 35.9 Å². The molecule has 0 aromatic heterocycles. The maximum atomic E-state index is 13.2. The van der Waals surface area contributed by atoms with E-state index in [4.69, 9.17) is 4.74 Å². The zero-order chi connectivity index (χ0) is 22.3. The molecule has 0 spiro atoms. The highest BCUT2D eigenvalue weighted by Gasteiger charge is 2.43. The molecule has 168 valence electrons. The van der Waals surface area contributed by atoms with Crippen LogP contribution >= 0.6 is 0 Å². The number of piperidine rings is 1. The average molecular weight is 431 g/mol. The molecule has 1 saturated heterocycles. The van der Waals surface area contributed by atoms with E-state index >= 15 is 0 Å². The first-order valence-electron chi connectivity index (χ1n) is 10.7. The van der Waals surface area contributed by atoms with Crippen LogP contribution < -0.4 is 16.1 Å². The van der Waals surface area contributed by atoms with Crippen LogP contribution in [0.4, 0.5) is 4.79 Å². The molecular formula is C22H30N4O5. The Hall–Kier alpha value is -2.94. The minimum Gasteiger partial charge on any atom is -0.445 e. The Bertz CT molecular complexity index is 807. The molecule has 31 heavy (non-hydrogen) atoms. The molecule has 1 saturated carbocycles. The van der Waals surface area contributed by atoms with Gasteiger partial charge in [0.15, 0.2) is 5.78 Å². The summed E-state index contributed by atoms with van der Waals surface area (Å²) in [4.78, 5) is 49.3. The monoisotopic (exact) mass is 430 g/mol. The molecular weight excluding hydrogens is 400 g/mol. The summed E-state index contributed by atoms with van der Waals surface area (Å²) in [5, 5.41) is 7.17. The van der Waals surface area contributed by atoms with Gasteiger partial charge in [0.05, 0.1) is 12.6 Å². The molecule has 3 N–H and O–H groups in total. The predicted octanol–water partition coefficient (Wildman–Crippen LogP) is 1.43. The lowest BCUT2D eigenvalue weighted by molar-refractivity contribution is -0.136. The fraction of sp³-hybridized carbons (Fsp3) is 0.545. The first-order chi connectivity index (χ1) is 14.9. The van der Waals surface area contributed by atoms with Gasteiger partial charge < -0.3 is 15.4 Å². The molecule has 1 aromatic carbocycles. The van der Waals surface area contributed by atoms with E-state index < -0.39 is 17.7 Å². The van der Waals surface area contributed by atoms with Crippen molar-refractivity contribution in [1.82, 2.24) is 21.1 Å². The largest absolute Gasteiger partial charge is 0.445 e. The first kappa shape index (κ1) is 22.7. The summed E-state index contributed by atoms with van der Waals surface area (Å²) in [7, 11) is 0. The number of hydrogen-bond acceptors (Lipinski definition) is 6. The van der Waals surface area contributed by atoms with Crippen LogP contribution in [0.5, 0.6) is 0 Å². The number of benzene rings is 1. The number of alkyl carbamates (subject to hydrolysis) is 1. The molecule has 9 nitrogen and oxygen atoms in total. The molecule has 1 unspecified atom stereocenters. The Kier molecular flexibility index (Phi) is 7.62. The standard InChI is InChI=1S/C22H30N4O5/c1-16(27)25-26-13-10-18(19(28)14-26)23-20(29)22(11-6-3-7-12-22)24-21(30)31-15-17-8-4-2-5-9-17/h2,4-5,8-9,18H,3,6-7,10-15H2,1H3,(H,23,29)(H,24,30)(H,25,27). The molecule has 2 aliphatic rings. The quantitative estimate of drug-likeness (QED) is 0.629. The van der Waals surface area contributed by atoms with Crippen LogP contribution in [0.15, 0.2) is 30.3 Å². The second kappa shape index (κ2) is 10.4. The van der Waals surface area contributed by atoms with Gasteiger partial charge in [-0.25, -0.2) is 9.80 Å². The number of Topliss-reactive ketones (excluding diaryl/α,β-unsaturated/α-hetero) is 1. The lowest BCUT2D eigenvalue weighted by Crippen LogP contribution is -2.64. The summed E-state index contributed by atoms with van der Waals surface area (Å²) in [5.41, 5.74) is 2.37. The number of nitrogens with one attached hydrogen (secondary N) is 3. The number of hydrogen-bond donors (Lipinski definition) is 3. The van der Waals surface area contributed by atoms with Crippen molar-refractivity contribution in [3.8, 4) is 0 Å². The lowest BCUT2D eigenvalue weighted by atomic mass is 9.80. The van der Waals surface area contributed by atoms with Crippen LogP contribution in [0.1, 0.15) is 51.0 Å². The summed E-state index contributed by atoms with van der Waals surface area (Å²) in [6.45, 7) is 1.98. The SMILES string of the molecule is CC(=O)NN1CCC(NC(=O)C2(NC(=O)OCc3ccccc3)CCCCC2)C(=O)C1. The van der Waals surface area contributed by atoms with Gasteiger partial charge in [-0.15, -0.1) is 0 Å². The fourth-order valence-corrected chi connectivity index (χ4v) is 4.11. The summed E-state index contributed by atoms with van der Waals surface area (Å²) < 4.78 is 5.32. The molecule has 3 rings (SSSR count). The van der Waals surface area contributed by atoms with Gasteiger partial charge in [0.1, 0.15) is 12.1 Å². The molecule has 1 aliphatic heterocycles. The highest BCUT2D eigenvalue weighted by Crippen LogP contribution is 2.29. The molecule has 1 aromatic rings. The smallest absolute Gasteiger partial charge is 0.408 e. The average Bonchev–Trinajstić information content (AvgIpc) is 2.75.